The zero-order valence-corrected chi connectivity index (χ0v) is 65.2. The Balaban J connectivity index is 0.000000108. The molecule has 13 aliphatic carbocycles. The molecule has 3 saturated heterocycles. The van der Waals surface area contributed by atoms with Gasteiger partial charge in [-0.2, -0.15) is 0 Å². The minimum Gasteiger partial charge on any atom is -0.356 e. The maximum atomic E-state index is 12.2. The van der Waals surface area contributed by atoms with Gasteiger partial charge >= 0.3 is 0 Å². The van der Waals surface area contributed by atoms with Crippen LogP contribution in [0.1, 0.15) is 258 Å². The standard InChI is InChI=1S/2C24H32N2O.C22H28N2O.C21H30N4O.CH4/c2*1-15-10-16(13-25-12-15)19-6-7-20-18-5-4-17-14-26-22(27)11-24(17,3)21(18)8-9-23(19,20)2;1-21-8-7-18-16(4-3-14-11-15(25)12-22(14,18)2)17(21)5-6-19(21)20-13-23-9-10-24-20;1-20-9-10-22-19(26)13-14(20)3-4-15-16-5-6-18(25-12-11-23-24-25)21(16,2)8-7-17(15)20;/h2*6,10,12-13,17-18,20-21H,4-5,7-9,11,14H2,1-3H3,(H,26,27);6,9-10,13-14,16-18H,3-5,7-8,11-12H2,1-2H3;6,11-12,14-17H,3-5,7-10,13H2,1-2H3,(H,22,26);1H4/t17-,18?,20-,21-,23+,24-;17-,18-,20-,21-,23+,24-;14-,16-,17-,18-,21-,22-;14-,15-,16-,17-,20-,21-;/m0000./s1. The molecule has 0 bridgehead atoms. The Kier molecular flexibility index (Phi) is 19.1. The summed E-state index contributed by atoms with van der Waals surface area (Å²) in [6, 6.07) is 4.62. The first-order valence-corrected chi connectivity index (χ1v) is 42.0. The summed E-state index contributed by atoms with van der Waals surface area (Å²) in [6.07, 6.45) is 57.4. The van der Waals surface area contributed by atoms with Crippen molar-refractivity contribution < 1.29 is 19.2 Å². The van der Waals surface area contributed by atoms with Gasteiger partial charge in [-0.1, -0.05) is 92.3 Å². The summed E-state index contributed by atoms with van der Waals surface area (Å²) in [5.74, 6) is 12.8. The second-order valence-electron chi connectivity index (χ2n) is 39.5. The van der Waals surface area contributed by atoms with E-state index in [2.05, 4.69) is 164 Å². The van der Waals surface area contributed by atoms with E-state index in [0.29, 0.717) is 52.6 Å². The predicted molar refractivity (Wildman–Crippen MR) is 420 cm³/mol. The van der Waals surface area contributed by atoms with E-state index < -0.39 is 0 Å². The van der Waals surface area contributed by atoms with E-state index in [9.17, 15) is 19.2 Å². The third-order valence-electron chi connectivity index (χ3n) is 35.1. The Labute approximate surface area is 633 Å². The third-order valence-corrected chi connectivity index (χ3v) is 35.1. The molecule has 1 unspecified atom stereocenters. The normalized spacial score (nSPS) is 43.8. The van der Waals surface area contributed by atoms with E-state index in [-0.39, 0.29) is 63.1 Å². The van der Waals surface area contributed by atoms with E-state index in [0.717, 1.165) is 117 Å². The lowest BCUT2D eigenvalue weighted by Crippen LogP contribution is -2.57. The lowest BCUT2D eigenvalue weighted by molar-refractivity contribution is -0.140. The van der Waals surface area contributed by atoms with Crippen LogP contribution in [0.4, 0.5) is 0 Å². The number of Topliss-reactive ketones (excluding diaryl/α,β-unsaturated/α-hetero) is 1. The van der Waals surface area contributed by atoms with Crippen molar-refractivity contribution in [3.63, 3.8) is 0 Å². The maximum Gasteiger partial charge on any atom is 0.220 e. The summed E-state index contributed by atoms with van der Waals surface area (Å²) in [5, 5.41) is 17.7. The number of fused-ring (bicyclic) bond motifs is 20. The van der Waals surface area contributed by atoms with Gasteiger partial charge in [0.25, 0.3) is 0 Å². The number of ketones is 1. The molecule has 4 aromatic rings. The van der Waals surface area contributed by atoms with Crippen LogP contribution in [0.5, 0.6) is 0 Å². The zero-order chi connectivity index (χ0) is 72.8. The molecule has 24 atom stereocenters. The van der Waals surface area contributed by atoms with E-state index in [1.165, 1.54) is 173 Å². The van der Waals surface area contributed by atoms with Crippen molar-refractivity contribution in [2.24, 2.45) is 138 Å². The maximum absolute atomic E-state index is 12.2. The van der Waals surface area contributed by atoms with Crippen LogP contribution >= 0.6 is 0 Å². The number of hydrogen-bond donors (Lipinski definition) is 3. The number of hydrogen-bond acceptors (Lipinski definition) is 10. The molecule has 0 radical (unpaired) electrons. The number of amides is 3. The van der Waals surface area contributed by atoms with Crippen LogP contribution in [-0.4, -0.2) is 78.1 Å². The number of carbonyl (C=O) groups is 4. The van der Waals surface area contributed by atoms with Crippen molar-refractivity contribution in [2.45, 2.75) is 244 Å². The monoisotopic (exact) mass is 1430 g/mol. The fraction of sp³-hybridized carbons (Fsp3) is 0.696. The van der Waals surface area contributed by atoms with Gasteiger partial charge in [0.15, 0.2) is 0 Å². The average Bonchev–Trinajstić information content (AvgIpc) is 1.55. The van der Waals surface area contributed by atoms with Crippen LogP contribution in [0, 0.1) is 152 Å². The summed E-state index contributed by atoms with van der Waals surface area (Å²) in [5.41, 5.74) is 14.1. The van der Waals surface area contributed by atoms with Crippen LogP contribution in [0.2, 0.25) is 0 Å². The van der Waals surface area contributed by atoms with E-state index in [1.807, 2.05) is 35.7 Å². The molecule has 106 heavy (non-hydrogen) atoms. The molecule has 0 spiro atoms. The number of carbonyl (C=O) groups excluding carboxylic acids is 4. The van der Waals surface area contributed by atoms with Crippen molar-refractivity contribution in [1.29, 1.82) is 0 Å². The van der Waals surface area contributed by atoms with Gasteiger partial charge in [0.2, 0.25) is 17.7 Å². The molecule has 14 heteroatoms. The number of aryl methyl sites for hydroxylation is 2. The Morgan fingerprint density at radius 2 is 0.868 bits per heavy atom. The first-order valence-electron chi connectivity index (χ1n) is 42.0. The van der Waals surface area contributed by atoms with Crippen LogP contribution in [-0.2, 0) is 19.2 Å². The summed E-state index contributed by atoms with van der Waals surface area (Å²) in [4.78, 5) is 66.6. The number of rotatable bonds is 4. The molecule has 0 aromatic carbocycles. The number of aromatic nitrogens is 7. The van der Waals surface area contributed by atoms with Crippen molar-refractivity contribution in [3.05, 3.63) is 120 Å². The largest absolute Gasteiger partial charge is 0.356 e. The van der Waals surface area contributed by atoms with Gasteiger partial charge in [0, 0.05) is 100 Å². The lowest BCUT2D eigenvalue weighted by Gasteiger charge is -2.59. The van der Waals surface area contributed by atoms with E-state index >= 15 is 0 Å². The molecule has 12 fully saturated rings. The second-order valence-corrected chi connectivity index (χ2v) is 39.5. The fourth-order valence-corrected chi connectivity index (χ4v) is 29.6. The Hall–Kier alpha value is -6.44. The number of pyridine rings is 2. The van der Waals surface area contributed by atoms with Crippen LogP contribution in [0.15, 0.2) is 92.2 Å². The molecule has 3 N–H and O–H groups in total. The zero-order valence-electron chi connectivity index (χ0n) is 65.2. The summed E-state index contributed by atoms with van der Waals surface area (Å²) < 4.78 is 2.00. The smallest absolute Gasteiger partial charge is 0.220 e. The average molecular weight is 1440 g/mol. The Morgan fingerprint density at radius 1 is 0.415 bits per heavy atom. The molecule has 9 saturated carbocycles. The van der Waals surface area contributed by atoms with Gasteiger partial charge in [-0.3, -0.25) is 39.1 Å². The number of allylic oxidation sites excluding steroid dienone is 8. The van der Waals surface area contributed by atoms with Gasteiger partial charge in [0.05, 0.1) is 24.3 Å². The number of nitrogens with one attached hydrogen (secondary N) is 3. The highest BCUT2D eigenvalue weighted by Crippen LogP contribution is 2.72. The second kappa shape index (κ2) is 27.5. The minimum absolute atomic E-state index is 0. The van der Waals surface area contributed by atoms with Crippen molar-refractivity contribution >= 4 is 45.9 Å². The Morgan fingerprint density at radius 3 is 1.36 bits per heavy atom. The van der Waals surface area contributed by atoms with Crippen molar-refractivity contribution in [2.75, 3.05) is 19.6 Å². The van der Waals surface area contributed by atoms with E-state index in [4.69, 9.17) is 0 Å². The number of nitrogens with zero attached hydrogens (tertiary/aromatic N) is 7. The minimum atomic E-state index is 0. The van der Waals surface area contributed by atoms with Crippen LogP contribution < -0.4 is 16.0 Å². The SMILES string of the molecule is C.C[C@]12CC(=O)C[C@@H]1CC[C@@H]1[C@@H]2CC[C@]2(C)C(c3cnccn3)=CC[C@@H]12.C[C@]12CCNC(=O)C[C@@H]1CC[C@@H]1[C@@H]2CC[C@]2(C)C(n3ccnn3)=CC[C@@H]12.Cc1cncc(C2=CC[C@H]3C4CC[C@H]5CNC(=O)C[C@]5(C)[C@H]4CC[C@]23C)c1.Cc1cncc(C2=CC[C@H]3[C@@H]4CC[C@H]5CNC(=O)C[C@]5(C)[C@H]4CC[C@]23C)c1. The molecule has 16 aliphatic rings. The first kappa shape index (κ1) is 73.7. The van der Waals surface area contributed by atoms with Crippen LogP contribution in [0.3, 0.4) is 0 Å². The highest BCUT2D eigenvalue weighted by Gasteiger charge is 2.64. The molecule has 14 nitrogen and oxygen atoms in total. The molecule has 7 heterocycles. The molecular weight excluding hydrogens is 1310 g/mol. The third kappa shape index (κ3) is 11.9. The molecule has 4 aromatic heterocycles. The highest BCUT2D eigenvalue weighted by atomic mass is 16.2. The van der Waals surface area contributed by atoms with Gasteiger partial charge < -0.3 is 16.0 Å². The molecule has 3 aliphatic heterocycles. The van der Waals surface area contributed by atoms with Gasteiger partial charge in [-0.15, -0.1) is 5.10 Å². The highest BCUT2D eigenvalue weighted by molar-refractivity contribution is 5.82. The van der Waals surface area contributed by atoms with Crippen molar-refractivity contribution in [3.8, 4) is 0 Å². The molecule has 20 rings (SSSR count). The fourth-order valence-electron chi connectivity index (χ4n) is 29.6. The van der Waals surface area contributed by atoms with Crippen LogP contribution in [0.25, 0.3) is 22.4 Å². The summed E-state index contributed by atoms with van der Waals surface area (Å²) >= 11 is 0. The summed E-state index contributed by atoms with van der Waals surface area (Å²) in [7, 11) is 0. The molecule has 568 valence electrons. The van der Waals surface area contributed by atoms with E-state index in [1.54, 1.807) is 12.4 Å². The number of piperidine rings is 2. The Bertz CT molecular complexity index is 4030. The summed E-state index contributed by atoms with van der Waals surface area (Å²) in [6.45, 7) is 26.7. The molecule has 3 amide bonds. The van der Waals surface area contributed by atoms with Gasteiger partial charge in [-0.25, -0.2) is 4.68 Å². The van der Waals surface area contributed by atoms with Gasteiger partial charge in [-0.05, 0) is 332 Å². The lowest BCUT2D eigenvalue weighted by atomic mass is 9.46. The van der Waals surface area contributed by atoms with Gasteiger partial charge in [0.1, 0.15) is 5.78 Å². The quantitative estimate of drug-likeness (QED) is 0.177. The first-order chi connectivity index (χ1) is 50.4. The molecular formula is C92H126N10O4. The predicted octanol–water partition coefficient (Wildman–Crippen LogP) is 18.3. The topological polar surface area (TPSA) is 187 Å². The van der Waals surface area contributed by atoms with Crippen molar-refractivity contribution in [1.82, 2.24) is 50.9 Å².